The van der Waals surface area contributed by atoms with Crippen molar-refractivity contribution in [3.05, 3.63) is 0 Å². The van der Waals surface area contributed by atoms with Crippen LogP contribution in [0.25, 0.3) is 0 Å². The van der Waals surface area contributed by atoms with Crippen molar-refractivity contribution in [3.63, 3.8) is 0 Å². The molecule has 0 aliphatic carbocycles. The predicted octanol–water partition coefficient (Wildman–Crippen LogP) is 1.14. The van der Waals surface area contributed by atoms with Gasteiger partial charge < -0.3 is 0 Å². The van der Waals surface area contributed by atoms with Crippen LogP contribution in [0.5, 0.6) is 0 Å². The van der Waals surface area contributed by atoms with Gasteiger partial charge in [0.25, 0.3) is 0 Å². The minimum absolute atomic E-state index is 0.0828. The Bertz CT molecular complexity index is 340. The summed E-state index contributed by atoms with van der Waals surface area (Å²) in [5.74, 6) is -0.934. The fraction of sp³-hybridized carbons (Fsp3) is 0.727. The average Bonchev–Trinajstić information content (AvgIpc) is 2.27. The second-order valence-corrected chi connectivity index (χ2v) is 4.26. The van der Waals surface area contributed by atoms with E-state index in [4.69, 9.17) is 0 Å². The molecule has 1 rings (SSSR count). The minimum Gasteiger partial charge on any atom is -0.277 e. The van der Waals surface area contributed by atoms with E-state index in [2.05, 4.69) is 5.32 Å². The largest absolute Gasteiger partial charge is 0.330 e. The number of rotatable bonds is 3. The van der Waals surface area contributed by atoms with E-state index in [-0.39, 0.29) is 5.92 Å². The van der Waals surface area contributed by atoms with Gasteiger partial charge in [-0.15, -0.1) is 0 Å². The lowest BCUT2D eigenvalue weighted by Crippen LogP contribution is -2.64. The van der Waals surface area contributed by atoms with Crippen molar-refractivity contribution in [2.45, 2.75) is 33.6 Å². The summed E-state index contributed by atoms with van der Waals surface area (Å²) in [7, 11) is 1.40. The Hall–Kier alpha value is -1.39. The number of imide groups is 2. The van der Waals surface area contributed by atoms with E-state index in [1.54, 1.807) is 6.92 Å². The molecule has 1 aliphatic heterocycles. The number of barbiturate groups is 1. The summed E-state index contributed by atoms with van der Waals surface area (Å²) < 4.78 is 0. The lowest BCUT2D eigenvalue weighted by molar-refractivity contribution is -0.154. The minimum atomic E-state index is -1.09. The van der Waals surface area contributed by atoms with Gasteiger partial charge in [0.15, 0.2) is 0 Å². The Morgan fingerprint density at radius 1 is 1.31 bits per heavy atom. The zero-order chi connectivity index (χ0) is 12.5. The van der Waals surface area contributed by atoms with Crippen LogP contribution in [0.2, 0.25) is 0 Å². The van der Waals surface area contributed by atoms with Crippen LogP contribution in [0.15, 0.2) is 0 Å². The van der Waals surface area contributed by atoms with Gasteiger partial charge in [0, 0.05) is 7.05 Å². The third kappa shape index (κ3) is 1.50. The Labute approximate surface area is 95.2 Å². The van der Waals surface area contributed by atoms with E-state index in [9.17, 15) is 14.4 Å². The summed E-state index contributed by atoms with van der Waals surface area (Å²) in [4.78, 5) is 36.4. The summed E-state index contributed by atoms with van der Waals surface area (Å²) in [5.41, 5.74) is -1.09. The molecule has 90 valence electrons. The van der Waals surface area contributed by atoms with Crippen LogP contribution in [-0.4, -0.2) is 29.8 Å². The monoisotopic (exact) mass is 226 g/mol. The maximum absolute atomic E-state index is 12.1. The highest BCUT2D eigenvalue weighted by molar-refractivity contribution is 6.19. The van der Waals surface area contributed by atoms with Gasteiger partial charge in [-0.25, -0.2) is 4.79 Å². The number of carbonyl (C=O) groups is 3. The molecular formula is C11H18N2O3. The van der Waals surface area contributed by atoms with E-state index in [0.717, 1.165) is 11.3 Å². The van der Waals surface area contributed by atoms with Crippen molar-refractivity contribution in [1.29, 1.82) is 0 Å². The molecule has 0 unspecified atom stereocenters. The first-order valence-electron chi connectivity index (χ1n) is 5.55. The van der Waals surface area contributed by atoms with Crippen LogP contribution in [0.3, 0.4) is 0 Å². The first-order chi connectivity index (χ1) is 7.41. The quantitative estimate of drug-likeness (QED) is 0.734. The van der Waals surface area contributed by atoms with Crippen LogP contribution in [0, 0.1) is 11.3 Å². The molecule has 0 saturated carbocycles. The van der Waals surface area contributed by atoms with Crippen molar-refractivity contribution in [3.8, 4) is 0 Å². The molecule has 1 N–H and O–H groups in total. The van der Waals surface area contributed by atoms with Gasteiger partial charge in [-0.05, 0) is 12.3 Å². The molecule has 4 amide bonds. The maximum atomic E-state index is 12.1. The number of amides is 4. The molecule has 0 aromatic rings. The van der Waals surface area contributed by atoms with E-state index < -0.39 is 23.3 Å². The standard InChI is InChI=1S/C11H18N2O3/c1-5-7(3)11(6-2)8(14)12-10(16)13(4)9(11)15/h7H,5-6H2,1-4H3,(H,12,14,16)/t7-,11+/m0/s1. The first kappa shape index (κ1) is 12.7. The highest BCUT2D eigenvalue weighted by Gasteiger charge is 2.54. The summed E-state index contributed by atoms with van der Waals surface area (Å²) in [5, 5.41) is 2.24. The van der Waals surface area contributed by atoms with Crippen molar-refractivity contribution in [2.75, 3.05) is 7.05 Å². The average molecular weight is 226 g/mol. The number of urea groups is 1. The molecule has 1 fully saturated rings. The Kier molecular flexibility index (Phi) is 3.35. The molecular weight excluding hydrogens is 208 g/mol. The Morgan fingerprint density at radius 2 is 1.88 bits per heavy atom. The molecule has 0 aromatic carbocycles. The third-order valence-corrected chi connectivity index (χ3v) is 3.63. The van der Waals surface area contributed by atoms with Crippen molar-refractivity contribution in [2.24, 2.45) is 11.3 Å². The van der Waals surface area contributed by atoms with Gasteiger partial charge in [-0.1, -0.05) is 27.2 Å². The van der Waals surface area contributed by atoms with Crippen LogP contribution in [-0.2, 0) is 9.59 Å². The summed E-state index contributed by atoms with van der Waals surface area (Å²) in [6.45, 7) is 5.59. The highest BCUT2D eigenvalue weighted by Crippen LogP contribution is 2.37. The van der Waals surface area contributed by atoms with Crippen LogP contribution < -0.4 is 5.32 Å². The van der Waals surface area contributed by atoms with Crippen molar-refractivity contribution >= 4 is 17.8 Å². The maximum Gasteiger partial charge on any atom is 0.330 e. The molecule has 0 bridgehead atoms. The number of nitrogens with zero attached hydrogens (tertiary/aromatic N) is 1. The molecule has 5 nitrogen and oxygen atoms in total. The smallest absolute Gasteiger partial charge is 0.277 e. The highest BCUT2D eigenvalue weighted by atomic mass is 16.2. The molecule has 1 aliphatic rings. The van der Waals surface area contributed by atoms with Crippen LogP contribution in [0.4, 0.5) is 4.79 Å². The number of nitrogens with one attached hydrogen (secondary N) is 1. The van der Waals surface area contributed by atoms with Gasteiger partial charge in [-0.3, -0.25) is 19.8 Å². The molecule has 0 radical (unpaired) electrons. The van der Waals surface area contributed by atoms with Crippen LogP contribution in [0.1, 0.15) is 33.6 Å². The van der Waals surface area contributed by atoms with Gasteiger partial charge in [0.1, 0.15) is 5.41 Å². The van der Waals surface area contributed by atoms with Gasteiger partial charge in [-0.2, -0.15) is 0 Å². The predicted molar refractivity (Wildman–Crippen MR) is 58.5 cm³/mol. The third-order valence-electron chi connectivity index (χ3n) is 3.63. The summed E-state index contributed by atoms with van der Waals surface area (Å²) in [6.07, 6.45) is 1.12. The van der Waals surface area contributed by atoms with E-state index in [1.807, 2.05) is 13.8 Å². The van der Waals surface area contributed by atoms with E-state index in [1.165, 1.54) is 7.05 Å². The Balaban J connectivity index is 3.21. The fourth-order valence-electron chi connectivity index (χ4n) is 2.22. The lowest BCUT2D eigenvalue weighted by atomic mass is 9.70. The molecule has 1 heterocycles. The van der Waals surface area contributed by atoms with E-state index >= 15 is 0 Å². The zero-order valence-corrected chi connectivity index (χ0v) is 10.2. The molecule has 5 heteroatoms. The summed E-state index contributed by atoms with van der Waals surface area (Å²) in [6, 6.07) is -0.637. The zero-order valence-electron chi connectivity index (χ0n) is 10.2. The second-order valence-electron chi connectivity index (χ2n) is 4.26. The Morgan fingerprint density at radius 3 is 2.31 bits per heavy atom. The lowest BCUT2D eigenvalue weighted by Gasteiger charge is -2.40. The molecule has 2 atom stereocenters. The molecule has 16 heavy (non-hydrogen) atoms. The first-order valence-corrected chi connectivity index (χ1v) is 5.55. The van der Waals surface area contributed by atoms with Crippen molar-refractivity contribution in [1.82, 2.24) is 10.2 Å². The number of hydrogen-bond donors (Lipinski definition) is 1. The van der Waals surface area contributed by atoms with Gasteiger partial charge >= 0.3 is 6.03 Å². The normalized spacial score (nSPS) is 28.0. The topological polar surface area (TPSA) is 66.5 Å². The fourth-order valence-corrected chi connectivity index (χ4v) is 2.22. The van der Waals surface area contributed by atoms with Crippen LogP contribution >= 0.6 is 0 Å². The SMILES string of the molecule is CC[C@H](C)[C@]1(CC)C(=O)NC(=O)N(C)C1=O. The number of hydrogen-bond acceptors (Lipinski definition) is 3. The molecule has 1 saturated heterocycles. The number of carbonyl (C=O) groups excluding carboxylic acids is 3. The second kappa shape index (κ2) is 4.23. The van der Waals surface area contributed by atoms with E-state index in [0.29, 0.717) is 6.42 Å². The molecule has 0 aromatic heterocycles. The summed E-state index contributed by atoms with van der Waals surface area (Å²) >= 11 is 0. The van der Waals surface area contributed by atoms with Crippen molar-refractivity contribution < 1.29 is 14.4 Å². The van der Waals surface area contributed by atoms with Gasteiger partial charge in [0.2, 0.25) is 11.8 Å². The van der Waals surface area contributed by atoms with Gasteiger partial charge in [0.05, 0.1) is 0 Å². The molecule has 0 spiro atoms.